The molecule has 0 bridgehead atoms. The summed E-state index contributed by atoms with van der Waals surface area (Å²) in [6.07, 6.45) is 2.97. The molecule has 0 aliphatic carbocycles. The van der Waals surface area contributed by atoms with E-state index in [1.54, 1.807) is 23.2 Å². The van der Waals surface area contributed by atoms with Gasteiger partial charge in [-0.3, -0.25) is 29.5 Å². The molecule has 5 heterocycles. The highest BCUT2D eigenvalue weighted by atomic mass is 16.5. The molecule has 16 nitrogen and oxygen atoms in total. The molecule has 2 saturated heterocycles. The zero-order valence-electron chi connectivity index (χ0n) is 32.5. The second-order valence-corrected chi connectivity index (χ2v) is 14.9. The van der Waals surface area contributed by atoms with E-state index < -0.39 is 12.3 Å². The molecule has 8 rings (SSSR count). The number of carbonyl (C=O) groups is 3. The first-order chi connectivity index (χ1) is 28.2. The fourth-order valence-corrected chi connectivity index (χ4v) is 7.77. The first kappa shape index (κ1) is 38.6. The van der Waals surface area contributed by atoms with Crippen molar-refractivity contribution in [3.8, 4) is 17.3 Å². The van der Waals surface area contributed by atoms with Gasteiger partial charge >= 0.3 is 0 Å². The zero-order valence-corrected chi connectivity index (χ0v) is 32.5. The minimum atomic E-state index is -0.863. The van der Waals surface area contributed by atoms with Crippen LogP contribution in [-0.4, -0.2) is 103 Å². The van der Waals surface area contributed by atoms with Crippen LogP contribution in [0.2, 0.25) is 0 Å². The molecule has 0 spiro atoms. The normalized spacial score (nSPS) is 19.1. The molecule has 58 heavy (non-hydrogen) atoms. The molecule has 4 N–H and O–H groups in total. The molecule has 0 radical (unpaired) electrons. The maximum Gasteiger partial charge on any atom is 0.251 e. The van der Waals surface area contributed by atoms with Crippen molar-refractivity contribution in [3.05, 3.63) is 113 Å². The zero-order chi connectivity index (χ0) is 40.2. The maximum atomic E-state index is 13.2. The number of imide groups is 1. The van der Waals surface area contributed by atoms with E-state index >= 15 is 0 Å². The number of anilines is 2. The summed E-state index contributed by atoms with van der Waals surface area (Å²) in [5.41, 5.74) is 5.93. The summed E-state index contributed by atoms with van der Waals surface area (Å²) >= 11 is 0. The van der Waals surface area contributed by atoms with Crippen molar-refractivity contribution < 1.29 is 24.2 Å². The topological polar surface area (TPSA) is 183 Å². The summed E-state index contributed by atoms with van der Waals surface area (Å²) in [6.45, 7) is 7.73. The lowest BCUT2D eigenvalue weighted by Gasteiger charge is -2.36. The number of aliphatic hydroxyl groups is 1. The van der Waals surface area contributed by atoms with Gasteiger partial charge in [0.05, 0.1) is 18.6 Å². The second kappa shape index (κ2) is 17.1. The highest BCUT2D eigenvalue weighted by Gasteiger charge is 2.40. The number of amides is 3. The average Bonchev–Trinajstić information content (AvgIpc) is 3.78. The smallest absolute Gasteiger partial charge is 0.251 e. The number of benzene rings is 3. The van der Waals surface area contributed by atoms with E-state index in [0.29, 0.717) is 43.2 Å². The largest absolute Gasteiger partial charge is 0.492 e. The minimum absolute atomic E-state index is 0.173. The number of nitrogens with zero attached hydrogens (tertiary/aromatic N) is 8. The number of aliphatic hydroxyl groups excluding tert-OH is 1. The average molecular weight is 786 g/mol. The third-order valence-corrected chi connectivity index (χ3v) is 11.2. The van der Waals surface area contributed by atoms with E-state index in [0.717, 1.165) is 72.4 Å². The van der Waals surface area contributed by atoms with Gasteiger partial charge in [0.15, 0.2) is 11.6 Å². The van der Waals surface area contributed by atoms with Crippen molar-refractivity contribution in [2.24, 2.45) is 7.05 Å². The predicted octanol–water partition coefficient (Wildman–Crippen LogP) is 3.19. The predicted molar refractivity (Wildman–Crippen MR) is 215 cm³/mol. The van der Waals surface area contributed by atoms with Gasteiger partial charge in [0, 0.05) is 81.4 Å². The van der Waals surface area contributed by atoms with Crippen LogP contribution in [0.1, 0.15) is 64.9 Å². The SMILES string of the molecule is C[C@@H](NC(=O)c1cccc(NCc2nnc(-c3ccncn3)n2C)c1)c1ccc(OCCN2CCN(c3ccc4c(c3)CN(C3CCC(=O)NC3=O)C4O)CC2)cc1. The Hall–Kier alpha value is -6.23. The van der Waals surface area contributed by atoms with E-state index in [2.05, 4.69) is 52.0 Å². The Morgan fingerprint density at radius 3 is 2.62 bits per heavy atom. The Balaban J connectivity index is 0.762. The molecule has 3 aromatic carbocycles. The van der Waals surface area contributed by atoms with E-state index in [9.17, 15) is 19.5 Å². The lowest BCUT2D eigenvalue weighted by Crippen LogP contribution is -2.51. The molecule has 3 amide bonds. The molecule has 16 heteroatoms. The fourth-order valence-electron chi connectivity index (χ4n) is 7.77. The molecular formula is C42H47N11O5. The number of hydrogen-bond acceptors (Lipinski definition) is 13. The number of piperidine rings is 1. The van der Waals surface area contributed by atoms with Gasteiger partial charge < -0.3 is 29.9 Å². The van der Waals surface area contributed by atoms with Crippen LogP contribution in [0.3, 0.4) is 0 Å². The Morgan fingerprint density at radius 2 is 1.84 bits per heavy atom. The summed E-state index contributed by atoms with van der Waals surface area (Å²) < 4.78 is 7.97. The highest BCUT2D eigenvalue weighted by molar-refractivity contribution is 6.00. The van der Waals surface area contributed by atoms with Crippen molar-refractivity contribution >= 4 is 29.1 Å². The maximum absolute atomic E-state index is 13.2. The monoisotopic (exact) mass is 785 g/mol. The minimum Gasteiger partial charge on any atom is -0.492 e. The molecule has 5 aromatic rings. The molecule has 3 atom stereocenters. The number of piperazine rings is 1. The van der Waals surface area contributed by atoms with Gasteiger partial charge in [0.2, 0.25) is 11.8 Å². The first-order valence-corrected chi connectivity index (χ1v) is 19.6. The van der Waals surface area contributed by atoms with Crippen molar-refractivity contribution in [1.82, 2.24) is 45.2 Å². The van der Waals surface area contributed by atoms with Gasteiger partial charge in [-0.15, -0.1) is 10.2 Å². The number of rotatable bonds is 13. The summed E-state index contributed by atoms with van der Waals surface area (Å²) in [5, 5.41) is 28.4. The highest BCUT2D eigenvalue weighted by Crippen LogP contribution is 2.37. The molecule has 3 aliphatic rings. The van der Waals surface area contributed by atoms with E-state index in [1.807, 2.05) is 73.1 Å². The molecular weight excluding hydrogens is 739 g/mol. The number of carbonyl (C=O) groups excluding carboxylic acids is 3. The van der Waals surface area contributed by atoms with Gasteiger partial charge in [-0.05, 0) is 73.0 Å². The Labute approximate surface area is 336 Å². The third kappa shape index (κ3) is 8.54. The van der Waals surface area contributed by atoms with Gasteiger partial charge in [-0.25, -0.2) is 9.97 Å². The molecule has 3 aliphatic heterocycles. The van der Waals surface area contributed by atoms with Crippen molar-refractivity contribution in [1.29, 1.82) is 0 Å². The van der Waals surface area contributed by atoms with Crippen LogP contribution < -0.4 is 25.6 Å². The molecule has 0 saturated carbocycles. The molecule has 2 unspecified atom stereocenters. The second-order valence-electron chi connectivity index (χ2n) is 14.9. The van der Waals surface area contributed by atoms with E-state index in [-0.39, 0.29) is 30.2 Å². The Kier molecular flexibility index (Phi) is 11.4. The Morgan fingerprint density at radius 1 is 1.02 bits per heavy atom. The van der Waals surface area contributed by atoms with Crippen LogP contribution in [0.4, 0.5) is 11.4 Å². The van der Waals surface area contributed by atoms with E-state index in [4.69, 9.17) is 4.74 Å². The van der Waals surface area contributed by atoms with Crippen molar-refractivity contribution in [2.75, 3.05) is 49.5 Å². The first-order valence-electron chi connectivity index (χ1n) is 19.6. The van der Waals surface area contributed by atoms with Crippen LogP contribution >= 0.6 is 0 Å². The molecule has 2 fully saturated rings. The number of aromatic nitrogens is 5. The van der Waals surface area contributed by atoms with Crippen LogP contribution in [0.15, 0.2) is 85.3 Å². The summed E-state index contributed by atoms with van der Waals surface area (Å²) in [4.78, 5) is 52.0. The lowest BCUT2D eigenvalue weighted by molar-refractivity contribution is -0.141. The standard InChI is InChI=1S/C42H47N11O5/c1-27(46-40(55)29-4-3-5-31(22-29)44-24-37-48-49-39(50(37)2)35-14-15-43-26-45-35)28-6-9-33(10-7-28)58-21-20-51-16-18-52(19-17-51)32-8-11-34-30(23-32)25-53(42(34)57)36-12-13-38(54)47-41(36)56/h3-11,14-15,22-23,26-27,36,42,44,57H,12-13,16-21,24-25H2,1-2H3,(H,46,55)(H,47,54,56)/t27-,36?,42?/m1/s1. The third-order valence-electron chi connectivity index (χ3n) is 11.2. The van der Waals surface area contributed by atoms with Gasteiger partial charge in [-0.2, -0.15) is 0 Å². The summed E-state index contributed by atoms with van der Waals surface area (Å²) in [5.74, 6) is 1.38. The van der Waals surface area contributed by atoms with Gasteiger partial charge in [-0.1, -0.05) is 24.3 Å². The van der Waals surface area contributed by atoms with Crippen LogP contribution in [-0.2, 0) is 29.7 Å². The van der Waals surface area contributed by atoms with Gasteiger partial charge in [0.1, 0.15) is 30.6 Å². The number of hydrogen-bond donors (Lipinski definition) is 4. The lowest BCUT2D eigenvalue weighted by atomic mass is 10.0. The van der Waals surface area contributed by atoms with Crippen LogP contribution in [0, 0.1) is 0 Å². The van der Waals surface area contributed by atoms with E-state index in [1.165, 1.54) is 6.33 Å². The Bertz CT molecular complexity index is 2260. The number of ether oxygens (including phenoxy) is 1. The van der Waals surface area contributed by atoms with Crippen molar-refractivity contribution in [2.45, 2.75) is 51.2 Å². The summed E-state index contributed by atoms with van der Waals surface area (Å²) in [7, 11) is 1.89. The molecule has 2 aromatic heterocycles. The quantitative estimate of drug-likeness (QED) is 0.128. The van der Waals surface area contributed by atoms with Crippen LogP contribution in [0.25, 0.3) is 11.5 Å². The number of nitrogens with one attached hydrogen (secondary N) is 3. The number of fused-ring (bicyclic) bond motifs is 1. The van der Waals surface area contributed by atoms with Crippen molar-refractivity contribution in [3.63, 3.8) is 0 Å². The summed E-state index contributed by atoms with van der Waals surface area (Å²) in [6, 6.07) is 22.4. The fraction of sp³-hybridized carbons (Fsp3) is 0.357. The molecule has 300 valence electrons. The van der Waals surface area contributed by atoms with Gasteiger partial charge in [0.25, 0.3) is 5.91 Å². The van der Waals surface area contributed by atoms with Crippen LogP contribution in [0.5, 0.6) is 5.75 Å².